The number of para-hydroxylation sites is 1. The molecule has 5 nitrogen and oxygen atoms in total. The van der Waals surface area contributed by atoms with Crippen molar-refractivity contribution in [2.24, 2.45) is 0 Å². The molecule has 0 fully saturated rings. The van der Waals surface area contributed by atoms with Gasteiger partial charge in [-0.15, -0.1) is 10.2 Å². The predicted octanol–water partition coefficient (Wildman–Crippen LogP) is 3.98. The van der Waals surface area contributed by atoms with Crippen LogP contribution in [0.3, 0.4) is 0 Å². The maximum Gasteiger partial charge on any atom is 0.267 e. The van der Waals surface area contributed by atoms with Crippen LogP contribution in [0.5, 0.6) is 5.75 Å². The molecule has 1 N–H and O–H groups in total. The van der Waals surface area contributed by atoms with Crippen molar-refractivity contribution in [2.75, 3.05) is 11.1 Å². The molecule has 2 aromatic rings. The minimum atomic E-state index is -0.789. The van der Waals surface area contributed by atoms with Crippen molar-refractivity contribution in [3.63, 3.8) is 0 Å². The number of amides is 1. The number of nitrogens with one attached hydrogen (secondary N) is 1. The summed E-state index contributed by atoms with van der Waals surface area (Å²) in [6, 6.07) is 6.02. The molecule has 0 spiro atoms. The van der Waals surface area contributed by atoms with Gasteiger partial charge in [0.25, 0.3) is 5.91 Å². The molecule has 2 rings (SSSR count). The van der Waals surface area contributed by atoms with E-state index in [0.717, 1.165) is 16.5 Å². The summed E-state index contributed by atoms with van der Waals surface area (Å²) in [7, 11) is 0. The van der Waals surface area contributed by atoms with E-state index in [2.05, 4.69) is 22.4 Å². The van der Waals surface area contributed by atoms with Gasteiger partial charge in [-0.25, -0.2) is 4.39 Å². The highest BCUT2D eigenvalue weighted by atomic mass is 32.2. The van der Waals surface area contributed by atoms with Gasteiger partial charge < -0.3 is 4.74 Å². The molecule has 23 heavy (non-hydrogen) atoms. The highest BCUT2D eigenvalue weighted by Gasteiger charge is 2.21. The molecule has 0 aliphatic rings. The Labute approximate surface area is 142 Å². The van der Waals surface area contributed by atoms with Crippen LogP contribution in [0, 0.1) is 5.82 Å². The Bertz CT molecular complexity index is 651. The zero-order chi connectivity index (χ0) is 16.7. The Balaban J connectivity index is 1.97. The molecule has 1 amide bonds. The monoisotopic (exact) mass is 355 g/mol. The van der Waals surface area contributed by atoms with Gasteiger partial charge in [0.15, 0.2) is 22.0 Å². The van der Waals surface area contributed by atoms with Crippen LogP contribution >= 0.6 is 23.1 Å². The summed E-state index contributed by atoms with van der Waals surface area (Å²) >= 11 is 2.92. The van der Waals surface area contributed by atoms with Gasteiger partial charge in [-0.05, 0) is 25.0 Å². The number of thioether (sulfide) groups is 1. The fourth-order valence-electron chi connectivity index (χ4n) is 1.71. The maximum absolute atomic E-state index is 13.6. The Hall–Kier alpha value is -1.67. The number of carbonyl (C=O) groups is 1. The summed E-state index contributed by atoms with van der Waals surface area (Å²) in [4.78, 5) is 12.3. The number of halogens is 1. The number of nitrogens with zero attached hydrogens (tertiary/aromatic N) is 2. The fourth-order valence-corrected chi connectivity index (χ4v) is 3.39. The van der Waals surface area contributed by atoms with Crippen LogP contribution in [0.1, 0.15) is 26.7 Å². The van der Waals surface area contributed by atoms with Crippen LogP contribution in [0.15, 0.2) is 28.6 Å². The molecule has 0 unspecified atom stereocenters. The quantitative estimate of drug-likeness (QED) is 0.573. The number of anilines is 1. The summed E-state index contributed by atoms with van der Waals surface area (Å²) in [5.41, 5.74) is 0. The number of rotatable bonds is 8. The summed E-state index contributed by atoms with van der Waals surface area (Å²) in [5, 5.41) is 11.0. The van der Waals surface area contributed by atoms with Gasteiger partial charge in [0.2, 0.25) is 5.13 Å². The number of carbonyl (C=O) groups excluding carboxylic acids is 1. The number of hydrogen-bond donors (Lipinski definition) is 1. The number of ether oxygens (including phenoxy) is 1. The lowest BCUT2D eigenvalue weighted by molar-refractivity contribution is -0.122. The number of hydrogen-bond acceptors (Lipinski definition) is 6. The standard InChI is InChI=1S/C15H18FN3O2S2/c1-3-9-22-15-19-18-14(23-15)17-13(20)11(4-2)21-12-8-6-5-7-10(12)16/h5-8,11H,3-4,9H2,1-2H3,(H,17,18,20)/t11-/m1/s1. The minimum absolute atomic E-state index is 0.0611. The van der Waals surface area contributed by atoms with Gasteiger partial charge in [0.05, 0.1) is 0 Å². The van der Waals surface area contributed by atoms with Crippen LogP contribution in [0.4, 0.5) is 9.52 Å². The van der Waals surface area contributed by atoms with Crippen molar-refractivity contribution in [3.8, 4) is 5.75 Å². The van der Waals surface area contributed by atoms with Crippen LogP contribution in [-0.4, -0.2) is 28.0 Å². The Kier molecular flexibility index (Phi) is 6.79. The Morgan fingerprint density at radius 2 is 2.17 bits per heavy atom. The summed E-state index contributed by atoms with van der Waals surface area (Å²) in [6.45, 7) is 3.89. The summed E-state index contributed by atoms with van der Waals surface area (Å²) in [5.74, 6) is 0.161. The van der Waals surface area contributed by atoms with Gasteiger partial charge in [-0.2, -0.15) is 0 Å². The number of benzene rings is 1. The van der Waals surface area contributed by atoms with Gasteiger partial charge in [0.1, 0.15) is 0 Å². The van der Waals surface area contributed by atoms with E-state index in [-0.39, 0.29) is 11.7 Å². The van der Waals surface area contributed by atoms with E-state index >= 15 is 0 Å². The molecule has 1 heterocycles. The first kappa shape index (κ1) is 17.7. The molecule has 1 aromatic heterocycles. The highest BCUT2D eigenvalue weighted by molar-refractivity contribution is 8.01. The molecule has 1 aromatic carbocycles. The van der Waals surface area contributed by atoms with Gasteiger partial charge in [-0.3, -0.25) is 10.1 Å². The molecule has 0 saturated heterocycles. The second-order valence-electron chi connectivity index (χ2n) is 4.66. The molecular formula is C15H18FN3O2S2. The van der Waals surface area contributed by atoms with Crippen molar-refractivity contribution < 1.29 is 13.9 Å². The van der Waals surface area contributed by atoms with Crippen molar-refractivity contribution in [2.45, 2.75) is 37.1 Å². The summed E-state index contributed by atoms with van der Waals surface area (Å²) in [6.07, 6.45) is 0.666. The van der Waals surface area contributed by atoms with E-state index in [0.29, 0.717) is 11.6 Å². The molecule has 0 bridgehead atoms. The van der Waals surface area contributed by atoms with Crippen molar-refractivity contribution in [1.82, 2.24) is 10.2 Å². The molecule has 8 heteroatoms. The molecular weight excluding hydrogens is 337 g/mol. The van der Waals surface area contributed by atoms with E-state index < -0.39 is 11.9 Å². The maximum atomic E-state index is 13.6. The third-order valence-electron chi connectivity index (χ3n) is 2.84. The largest absolute Gasteiger partial charge is 0.478 e. The van der Waals surface area contributed by atoms with E-state index in [1.807, 2.05) is 0 Å². The van der Waals surface area contributed by atoms with Gasteiger partial charge in [-0.1, -0.05) is 49.1 Å². The average molecular weight is 355 g/mol. The molecule has 0 aliphatic heterocycles. The molecule has 1 atom stereocenters. The molecule has 0 aliphatic carbocycles. The van der Waals surface area contributed by atoms with E-state index in [1.165, 1.54) is 23.5 Å². The molecule has 0 radical (unpaired) electrons. The zero-order valence-corrected chi connectivity index (χ0v) is 14.5. The summed E-state index contributed by atoms with van der Waals surface area (Å²) < 4.78 is 19.9. The molecule has 124 valence electrons. The first-order chi connectivity index (χ1) is 11.1. The number of aromatic nitrogens is 2. The van der Waals surface area contributed by atoms with E-state index in [4.69, 9.17) is 4.74 Å². The first-order valence-electron chi connectivity index (χ1n) is 7.32. The Morgan fingerprint density at radius 1 is 1.39 bits per heavy atom. The van der Waals surface area contributed by atoms with E-state index in [1.54, 1.807) is 30.8 Å². The van der Waals surface area contributed by atoms with Crippen molar-refractivity contribution >= 4 is 34.1 Å². The third-order valence-corrected chi connectivity index (χ3v) is 5.01. The van der Waals surface area contributed by atoms with Crippen molar-refractivity contribution in [3.05, 3.63) is 30.1 Å². The Morgan fingerprint density at radius 3 is 2.87 bits per heavy atom. The second kappa shape index (κ2) is 8.83. The zero-order valence-electron chi connectivity index (χ0n) is 12.9. The van der Waals surface area contributed by atoms with Crippen LogP contribution in [0.2, 0.25) is 0 Å². The van der Waals surface area contributed by atoms with Crippen LogP contribution in [-0.2, 0) is 4.79 Å². The third kappa shape index (κ3) is 5.18. The second-order valence-corrected chi connectivity index (χ2v) is 6.98. The van der Waals surface area contributed by atoms with Crippen LogP contribution in [0.25, 0.3) is 0 Å². The predicted molar refractivity (Wildman–Crippen MR) is 90.7 cm³/mol. The topological polar surface area (TPSA) is 64.1 Å². The smallest absolute Gasteiger partial charge is 0.267 e. The highest BCUT2D eigenvalue weighted by Crippen LogP contribution is 2.26. The lowest BCUT2D eigenvalue weighted by atomic mass is 10.2. The lowest BCUT2D eigenvalue weighted by Gasteiger charge is -2.16. The fraction of sp³-hybridized carbons (Fsp3) is 0.400. The first-order valence-corrected chi connectivity index (χ1v) is 9.12. The van der Waals surface area contributed by atoms with E-state index in [9.17, 15) is 9.18 Å². The van der Waals surface area contributed by atoms with Gasteiger partial charge >= 0.3 is 0 Å². The lowest BCUT2D eigenvalue weighted by Crippen LogP contribution is -2.32. The normalized spacial score (nSPS) is 12.0. The van der Waals surface area contributed by atoms with Gasteiger partial charge in [0, 0.05) is 5.75 Å². The SMILES string of the molecule is CCCSc1nnc(NC(=O)[C@@H](CC)Oc2ccccc2F)s1. The molecule has 0 saturated carbocycles. The van der Waals surface area contributed by atoms with Crippen molar-refractivity contribution in [1.29, 1.82) is 0 Å². The van der Waals surface area contributed by atoms with Crippen LogP contribution < -0.4 is 10.1 Å². The minimum Gasteiger partial charge on any atom is -0.478 e. The average Bonchev–Trinajstić information content (AvgIpc) is 2.99.